The van der Waals surface area contributed by atoms with Gasteiger partial charge in [-0.3, -0.25) is 9.69 Å². The van der Waals surface area contributed by atoms with Gasteiger partial charge < -0.3 is 16.2 Å². The number of nitrogen functional groups attached to an aromatic ring is 1. The highest BCUT2D eigenvalue weighted by Gasteiger charge is 2.13. The van der Waals surface area contributed by atoms with Crippen LogP contribution >= 0.6 is 0 Å². The van der Waals surface area contributed by atoms with Crippen LogP contribution in [0.15, 0.2) is 18.2 Å². The average molecular weight is 249 g/mol. The van der Waals surface area contributed by atoms with E-state index in [2.05, 4.69) is 4.90 Å². The number of ether oxygens (including phenoxy) is 1. The first kappa shape index (κ1) is 12.7. The second kappa shape index (κ2) is 5.73. The zero-order valence-electron chi connectivity index (χ0n) is 10.4. The molecule has 2 rings (SSSR count). The van der Waals surface area contributed by atoms with Gasteiger partial charge in [-0.2, -0.15) is 0 Å². The standard InChI is InChI=1S/C13H19N3O2/c14-12-10(13(15)17)4-3-5-11(12)18-9-8-16-6-1-2-7-16/h3-5H,1-2,6-9,14H2,(H2,15,17). The van der Waals surface area contributed by atoms with E-state index in [1.165, 1.54) is 12.8 Å². The summed E-state index contributed by atoms with van der Waals surface area (Å²) >= 11 is 0. The second-order valence-electron chi connectivity index (χ2n) is 4.48. The molecule has 5 heteroatoms. The molecule has 1 saturated heterocycles. The van der Waals surface area contributed by atoms with Crippen molar-refractivity contribution in [2.24, 2.45) is 5.73 Å². The number of carbonyl (C=O) groups is 1. The number of amides is 1. The summed E-state index contributed by atoms with van der Waals surface area (Å²) in [4.78, 5) is 13.5. The molecule has 1 aromatic carbocycles. The van der Waals surface area contributed by atoms with Crippen molar-refractivity contribution in [3.05, 3.63) is 23.8 Å². The van der Waals surface area contributed by atoms with Crippen LogP contribution < -0.4 is 16.2 Å². The highest BCUT2D eigenvalue weighted by Crippen LogP contribution is 2.24. The Morgan fingerprint density at radius 3 is 2.72 bits per heavy atom. The summed E-state index contributed by atoms with van der Waals surface area (Å²) in [5.74, 6) is 0.00277. The quantitative estimate of drug-likeness (QED) is 0.758. The van der Waals surface area contributed by atoms with Gasteiger partial charge in [0.2, 0.25) is 0 Å². The molecule has 0 saturated carbocycles. The Morgan fingerprint density at radius 2 is 2.06 bits per heavy atom. The van der Waals surface area contributed by atoms with Gasteiger partial charge in [0.05, 0.1) is 11.3 Å². The zero-order valence-corrected chi connectivity index (χ0v) is 10.4. The van der Waals surface area contributed by atoms with Crippen molar-refractivity contribution in [2.45, 2.75) is 12.8 Å². The van der Waals surface area contributed by atoms with Crippen LogP contribution in [0.4, 0.5) is 5.69 Å². The third-order valence-corrected chi connectivity index (χ3v) is 3.20. The van der Waals surface area contributed by atoms with Crippen LogP contribution in [0.1, 0.15) is 23.2 Å². The van der Waals surface area contributed by atoms with Crippen molar-refractivity contribution in [1.82, 2.24) is 4.90 Å². The van der Waals surface area contributed by atoms with Gasteiger partial charge in [0.15, 0.2) is 0 Å². The molecule has 1 heterocycles. The molecular formula is C13H19N3O2. The second-order valence-corrected chi connectivity index (χ2v) is 4.48. The highest BCUT2D eigenvalue weighted by atomic mass is 16.5. The molecule has 0 radical (unpaired) electrons. The number of nitrogens with zero attached hydrogens (tertiary/aromatic N) is 1. The van der Waals surface area contributed by atoms with Gasteiger partial charge in [-0.15, -0.1) is 0 Å². The van der Waals surface area contributed by atoms with Gasteiger partial charge in [0.1, 0.15) is 12.4 Å². The lowest BCUT2D eigenvalue weighted by Gasteiger charge is -2.16. The molecule has 18 heavy (non-hydrogen) atoms. The van der Waals surface area contributed by atoms with Gasteiger partial charge in [-0.05, 0) is 38.1 Å². The molecule has 1 aliphatic rings. The Balaban J connectivity index is 1.92. The number of likely N-dealkylation sites (tertiary alicyclic amines) is 1. The van der Waals surface area contributed by atoms with Crippen LogP contribution in [-0.2, 0) is 0 Å². The van der Waals surface area contributed by atoms with E-state index in [1.54, 1.807) is 18.2 Å². The van der Waals surface area contributed by atoms with Gasteiger partial charge in [0, 0.05) is 6.54 Å². The normalized spacial score (nSPS) is 15.8. The van der Waals surface area contributed by atoms with Crippen LogP contribution in [-0.4, -0.2) is 37.0 Å². The maximum Gasteiger partial charge on any atom is 0.250 e. The number of rotatable bonds is 5. The molecule has 1 aromatic rings. The van der Waals surface area contributed by atoms with Crippen molar-refractivity contribution in [3.63, 3.8) is 0 Å². The largest absolute Gasteiger partial charge is 0.490 e. The van der Waals surface area contributed by atoms with Crippen LogP contribution in [0, 0.1) is 0 Å². The monoisotopic (exact) mass is 249 g/mol. The molecule has 0 spiro atoms. The summed E-state index contributed by atoms with van der Waals surface area (Å²) in [6.45, 7) is 3.74. The van der Waals surface area contributed by atoms with Crippen molar-refractivity contribution in [1.29, 1.82) is 0 Å². The molecule has 1 aliphatic heterocycles. The van der Waals surface area contributed by atoms with Gasteiger partial charge in [-0.25, -0.2) is 0 Å². The molecule has 1 fully saturated rings. The molecule has 0 unspecified atom stereocenters. The van der Waals surface area contributed by atoms with E-state index in [-0.39, 0.29) is 0 Å². The first-order chi connectivity index (χ1) is 8.68. The van der Waals surface area contributed by atoms with Crippen molar-refractivity contribution < 1.29 is 9.53 Å². The maximum atomic E-state index is 11.1. The third kappa shape index (κ3) is 2.92. The SMILES string of the molecule is NC(=O)c1cccc(OCCN2CCCC2)c1N. The fourth-order valence-electron chi connectivity index (χ4n) is 2.18. The lowest BCUT2D eigenvalue weighted by molar-refractivity contribution is 0.100. The molecule has 0 atom stereocenters. The van der Waals surface area contributed by atoms with E-state index in [4.69, 9.17) is 16.2 Å². The average Bonchev–Trinajstić information content (AvgIpc) is 2.84. The lowest BCUT2D eigenvalue weighted by atomic mass is 10.1. The summed E-state index contributed by atoms with van der Waals surface area (Å²) in [7, 11) is 0. The number of para-hydroxylation sites is 1. The highest BCUT2D eigenvalue weighted by molar-refractivity contribution is 5.99. The summed E-state index contributed by atoms with van der Waals surface area (Å²) in [6.07, 6.45) is 2.53. The molecule has 0 aromatic heterocycles. The summed E-state index contributed by atoms with van der Waals surface area (Å²) in [6, 6.07) is 5.08. The predicted molar refractivity (Wildman–Crippen MR) is 70.5 cm³/mol. The fourth-order valence-corrected chi connectivity index (χ4v) is 2.18. The number of primary amides is 1. The number of carbonyl (C=O) groups excluding carboxylic acids is 1. The molecule has 98 valence electrons. The minimum absolute atomic E-state index is 0.314. The molecule has 0 bridgehead atoms. The minimum atomic E-state index is -0.530. The van der Waals surface area contributed by atoms with Gasteiger partial charge >= 0.3 is 0 Å². The Bertz CT molecular complexity index is 428. The third-order valence-electron chi connectivity index (χ3n) is 3.20. The molecule has 0 aliphatic carbocycles. The van der Waals surface area contributed by atoms with Crippen LogP contribution in [0.3, 0.4) is 0 Å². The summed E-state index contributed by atoms with van der Waals surface area (Å²) in [5, 5.41) is 0. The smallest absolute Gasteiger partial charge is 0.250 e. The van der Waals surface area contributed by atoms with E-state index in [1.807, 2.05) is 0 Å². The maximum absolute atomic E-state index is 11.1. The van der Waals surface area contributed by atoms with Crippen molar-refractivity contribution >= 4 is 11.6 Å². The van der Waals surface area contributed by atoms with Crippen LogP contribution in [0.25, 0.3) is 0 Å². The van der Waals surface area contributed by atoms with Crippen molar-refractivity contribution in [3.8, 4) is 5.75 Å². The molecule has 1 amide bonds. The number of hydrogen-bond donors (Lipinski definition) is 2. The van der Waals surface area contributed by atoms with E-state index >= 15 is 0 Å². The van der Waals surface area contributed by atoms with Crippen molar-refractivity contribution in [2.75, 3.05) is 32.0 Å². The Morgan fingerprint density at radius 1 is 1.33 bits per heavy atom. The zero-order chi connectivity index (χ0) is 13.0. The Kier molecular flexibility index (Phi) is 4.04. The molecular weight excluding hydrogens is 230 g/mol. The van der Waals surface area contributed by atoms with Gasteiger partial charge in [0.25, 0.3) is 5.91 Å². The summed E-state index contributed by atoms with van der Waals surface area (Å²) < 4.78 is 5.62. The molecule has 5 nitrogen and oxygen atoms in total. The predicted octanol–water partition coefficient (Wildman–Crippen LogP) is 0.842. The van der Waals surface area contributed by atoms with E-state index in [0.29, 0.717) is 23.6 Å². The topological polar surface area (TPSA) is 81.6 Å². The van der Waals surface area contributed by atoms with Crippen LogP contribution in [0.5, 0.6) is 5.75 Å². The van der Waals surface area contributed by atoms with Crippen LogP contribution in [0.2, 0.25) is 0 Å². The minimum Gasteiger partial charge on any atom is -0.490 e. The Labute approximate surface area is 107 Å². The summed E-state index contributed by atoms with van der Waals surface area (Å²) in [5.41, 5.74) is 11.7. The number of nitrogens with two attached hydrogens (primary N) is 2. The van der Waals surface area contributed by atoms with Gasteiger partial charge in [-0.1, -0.05) is 6.07 Å². The van der Waals surface area contributed by atoms with E-state index in [0.717, 1.165) is 19.6 Å². The van der Waals surface area contributed by atoms with E-state index < -0.39 is 5.91 Å². The Hall–Kier alpha value is -1.75. The first-order valence-electron chi connectivity index (χ1n) is 6.22. The molecule has 4 N–H and O–H groups in total. The first-order valence-corrected chi connectivity index (χ1v) is 6.22. The number of hydrogen-bond acceptors (Lipinski definition) is 4. The number of anilines is 1. The fraction of sp³-hybridized carbons (Fsp3) is 0.462. The number of benzene rings is 1. The van der Waals surface area contributed by atoms with E-state index in [9.17, 15) is 4.79 Å². The lowest BCUT2D eigenvalue weighted by Crippen LogP contribution is -2.25.